The Morgan fingerprint density at radius 1 is 1.35 bits per heavy atom. The van der Waals surface area contributed by atoms with Gasteiger partial charge in [-0.3, -0.25) is 4.79 Å². The average molecular weight is 465 g/mol. The highest BCUT2D eigenvalue weighted by atomic mass is 19.1. The van der Waals surface area contributed by atoms with Crippen molar-refractivity contribution in [2.24, 2.45) is 7.05 Å². The van der Waals surface area contributed by atoms with Gasteiger partial charge in [-0.2, -0.15) is 9.61 Å². The third-order valence-corrected chi connectivity index (χ3v) is 5.85. The van der Waals surface area contributed by atoms with Crippen LogP contribution in [0, 0.1) is 5.82 Å². The van der Waals surface area contributed by atoms with Gasteiger partial charge < -0.3 is 25.7 Å². The molecule has 4 N–H and O–H groups in total. The van der Waals surface area contributed by atoms with Crippen molar-refractivity contribution in [3.05, 3.63) is 53.9 Å². The topological polar surface area (TPSA) is 124 Å². The maximum atomic E-state index is 14.3. The Balaban J connectivity index is 1.76. The lowest BCUT2D eigenvalue weighted by atomic mass is 10.0. The van der Waals surface area contributed by atoms with Crippen molar-refractivity contribution in [3.8, 4) is 17.0 Å². The fraction of sp³-hybridized carbons (Fsp3) is 0.304. The second kappa shape index (κ2) is 8.32. The number of aromatic nitrogens is 5. The molecular weight excluding hydrogens is 439 g/mol. The first-order valence-electron chi connectivity index (χ1n) is 11.0. The van der Waals surface area contributed by atoms with E-state index < -0.39 is 18.0 Å². The number of pyridine rings is 1. The molecule has 176 valence electrons. The van der Waals surface area contributed by atoms with Crippen LogP contribution in [-0.2, 0) is 7.05 Å². The van der Waals surface area contributed by atoms with Gasteiger partial charge in [-0.25, -0.2) is 14.4 Å². The van der Waals surface area contributed by atoms with Gasteiger partial charge in [0.25, 0.3) is 5.91 Å². The van der Waals surface area contributed by atoms with Gasteiger partial charge in [-0.05, 0) is 25.5 Å². The summed E-state index contributed by atoms with van der Waals surface area (Å²) in [5.74, 6) is 0.233. The van der Waals surface area contributed by atoms with Crippen LogP contribution in [-0.4, -0.2) is 42.7 Å². The van der Waals surface area contributed by atoms with Crippen molar-refractivity contribution < 1.29 is 13.9 Å². The summed E-state index contributed by atoms with van der Waals surface area (Å²) < 4.78 is 23.6. The number of anilines is 2. The molecule has 0 aliphatic carbocycles. The van der Waals surface area contributed by atoms with E-state index in [1.54, 1.807) is 6.92 Å². The number of nitrogens with one attached hydrogen (secondary N) is 2. The van der Waals surface area contributed by atoms with Gasteiger partial charge in [0.1, 0.15) is 29.1 Å². The second-order valence-corrected chi connectivity index (χ2v) is 8.37. The number of nitrogens with two attached hydrogens (primary N) is 1. The Hall–Kier alpha value is -4.15. The van der Waals surface area contributed by atoms with Gasteiger partial charge in [0.2, 0.25) is 5.88 Å². The molecule has 0 unspecified atom stereocenters. The minimum absolute atomic E-state index is 0.212. The predicted octanol–water partition coefficient (Wildman–Crippen LogP) is 2.93. The van der Waals surface area contributed by atoms with Gasteiger partial charge in [0, 0.05) is 30.6 Å². The highest BCUT2D eigenvalue weighted by Gasteiger charge is 2.26. The van der Waals surface area contributed by atoms with Crippen LogP contribution in [0.4, 0.5) is 16.0 Å². The highest BCUT2D eigenvalue weighted by molar-refractivity contribution is 6.01. The lowest BCUT2D eigenvalue weighted by molar-refractivity contribution is 0.0932. The van der Waals surface area contributed by atoms with E-state index in [1.165, 1.54) is 16.8 Å². The number of fused-ring (bicyclic) bond motifs is 2. The average Bonchev–Trinajstić information content (AvgIpc) is 3.43. The fourth-order valence-electron chi connectivity index (χ4n) is 4.13. The van der Waals surface area contributed by atoms with Crippen LogP contribution in [0.3, 0.4) is 0 Å². The van der Waals surface area contributed by atoms with Crippen LogP contribution >= 0.6 is 0 Å². The summed E-state index contributed by atoms with van der Waals surface area (Å²) in [6.07, 6.45) is 6.54. The van der Waals surface area contributed by atoms with E-state index in [4.69, 9.17) is 15.5 Å². The van der Waals surface area contributed by atoms with Crippen molar-refractivity contribution in [2.75, 3.05) is 17.6 Å². The number of hydrogen-bond acceptors (Lipinski definition) is 7. The number of carbonyl (C=O) groups is 1. The predicted molar refractivity (Wildman–Crippen MR) is 125 cm³/mol. The molecule has 10 nitrogen and oxygen atoms in total. The minimum Gasteiger partial charge on any atom is -0.473 e. The SMILES string of the molecule is CC[C@H]1Nc2nc3c(cnn3c(N)c2-c2ccn(C)c2)C(=O)NC[C@H](C)Oc2ncc(F)cc21. The first-order valence-corrected chi connectivity index (χ1v) is 11.0. The van der Waals surface area contributed by atoms with Crippen LogP contribution in [0.15, 0.2) is 36.9 Å². The third kappa shape index (κ3) is 3.68. The molecule has 1 aliphatic heterocycles. The maximum absolute atomic E-state index is 14.3. The maximum Gasteiger partial charge on any atom is 0.256 e. The van der Waals surface area contributed by atoms with Crippen LogP contribution in [0.2, 0.25) is 0 Å². The highest BCUT2D eigenvalue weighted by Crippen LogP contribution is 2.37. The number of nitrogens with zero attached hydrogens (tertiary/aromatic N) is 5. The van der Waals surface area contributed by atoms with E-state index in [9.17, 15) is 9.18 Å². The van der Waals surface area contributed by atoms with Crippen molar-refractivity contribution in [1.82, 2.24) is 29.5 Å². The molecule has 1 amide bonds. The van der Waals surface area contributed by atoms with E-state index in [2.05, 4.69) is 20.7 Å². The van der Waals surface area contributed by atoms with Crippen molar-refractivity contribution in [2.45, 2.75) is 32.4 Å². The molecule has 4 aromatic rings. The summed E-state index contributed by atoms with van der Waals surface area (Å²) in [7, 11) is 1.91. The molecule has 0 saturated heterocycles. The lowest BCUT2D eigenvalue weighted by Gasteiger charge is -2.23. The Bertz CT molecular complexity index is 1400. The van der Waals surface area contributed by atoms with Gasteiger partial charge in [-0.1, -0.05) is 6.92 Å². The summed E-state index contributed by atoms with van der Waals surface area (Å²) in [5.41, 5.74) is 9.17. The van der Waals surface area contributed by atoms with Crippen LogP contribution in [0.25, 0.3) is 16.8 Å². The van der Waals surface area contributed by atoms with Crippen molar-refractivity contribution in [1.29, 1.82) is 0 Å². The summed E-state index contributed by atoms with van der Waals surface area (Å²) >= 11 is 0. The van der Waals surface area contributed by atoms with E-state index in [1.807, 2.05) is 37.0 Å². The Kier molecular flexibility index (Phi) is 5.31. The number of carbonyl (C=O) groups excluding carboxylic acids is 1. The van der Waals surface area contributed by atoms with E-state index in [0.717, 1.165) is 11.8 Å². The molecule has 1 aliphatic rings. The first kappa shape index (κ1) is 21.7. The molecule has 0 fully saturated rings. The minimum atomic E-state index is -0.475. The van der Waals surface area contributed by atoms with E-state index in [0.29, 0.717) is 40.7 Å². The molecule has 0 aromatic carbocycles. The quantitative estimate of drug-likeness (QED) is 0.417. The van der Waals surface area contributed by atoms with E-state index in [-0.39, 0.29) is 18.0 Å². The lowest BCUT2D eigenvalue weighted by Crippen LogP contribution is -2.34. The third-order valence-electron chi connectivity index (χ3n) is 5.85. The number of aryl methyl sites for hydroxylation is 1. The van der Waals surface area contributed by atoms with Crippen LogP contribution < -0.4 is 21.1 Å². The second-order valence-electron chi connectivity index (χ2n) is 8.37. The normalized spacial score (nSPS) is 18.3. The Morgan fingerprint density at radius 2 is 2.18 bits per heavy atom. The van der Waals surface area contributed by atoms with Crippen molar-refractivity contribution in [3.63, 3.8) is 0 Å². The molecule has 4 aromatic heterocycles. The summed E-state index contributed by atoms with van der Waals surface area (Å²) in [5, 5.41) is 10.6. The van der Waals surface area contributed by atoms with E-state index >= 15 is 0 Å². The van der Waals surface area contributed by atoms with Gasteiger partial charge in [0.05, 0.1) is 30.5 Å². The summed E-state index contributed by atoms with van der Waals surface area (Å²) in [6, 6.07) is 2.93. The molecule has 11 heteroatoms. The van der Waals surface area contributed by atoms with Crippen LogP contribution in [0.5, 0.6) is 5.88 Å². The Morgan fingerprint density at radius 3 is 2.91 bits per heavy atom. The number of rotatable bonds is 2. The molecule has 5 heterocycles. The largest absolute Gasteiger partial charge is 0.473 e. The number of ether oxygens (including phenoxy) is 1. The van der Waals surface area contributed by atoms with Gasteiger partial charge >= 0.3 is 0 Å². The molecule has 5 rings (SSSR count). The molecule has 0 saturated carbocycles. The zero-order valence-corrected chi connectivity index (χ0v) is 19.0. The monoisotopic (exact) mass is 464 g/mol. The van der Waals surface area contributed by atoms with Crippen molar-refractivity contribution >= 4 is 23.2 Å². The smallest absolute Gasteiger partial charge is 0.256 e. The summed E-state index contributed by atoms with van der Waals surface area (Å²) in [4.78, 5) is 21.9. The number of hydrogen-bond donors (Lipinski definition) is 3. The van der Waals surface area contributed by atoms with Gasteiger partial charge in [-0.15, -0.1) is 0 Å². The van der Waals surface area contributed by atoms with Gasteiger partial charge in [0.15, 0.2) is 5.65 Å². The number of nitrogen functional groups attached to an aromatic ring is 1. The number of amides is 1. The zero-order valence-electron chi connectivity index (χ0n) is 19.0. The molecule has 0 radical (unpaired) electrons. The molecular formula is C23H25FN8O2. The number of halogens is 1. The first-order chi connectivity index (χ1) is 16.4. The van der Waals surface area contributed by atoms with Crippen LogP contribution in [0.1, 0.15) is 42.2 Å². The summed E-state index contributed by atoms with van der Waals surface area (Å²) in [6.45, 7) is 3.98. The standard InChI is InChI=1S/C23H25FN8O2/c1-4-17-15-7-14(24)9-27-23(15)34-12(2)8-26-22(33)16-10-28-32-19(25)18(13-5-6-31(3)11-13)20(29-17)30-21(16)32/h5-7,9-12,17H,4,8,25H2,1-3H3,(H,26,33)(H,29,30)/t12-,17+/m0/s1. The molecule has 34 heavy (non-hydrogen) atoms. The Labute approximate surface area is 195 Å². The fourth-order valence-corrected chi connectivity index (χ4v) is 4.13. The molecule has 2 atom stereocenters. The zero-order chi connectivity index (χ0) is 24.0. The molecule has 0 spiro atoms. The molecule has 2 bridgehead atoms.